The third-order valence-electron chi connectivity index (χ3n) is 4.65. The van der Waals surface area contributed by atoms with Crippen molar-refractivity contribution in [2.24, 2.45) is 0 Å². The maximum absolute atomic E-state index is 12.5. The first-order valence-corrected chi connectivity index (χ1v) is 10.1. The number of hydrogen-bond donors (Lipinski definition) is 1. The molecule has 1 amide bonds. The summed E-state index contributed by atoms with van der Waals surface area (Å²) in [7, 11) is 0. The van der Waals surface area contributed by atoms with Gasteiger partial charge in [0.15, 0.2) is 5.75 Å². The van der Waals surface area contributed by atoms with Gasteiger partial charge in [-0.25, -0.2) is 4.79 Å². The lowest BCUT2D eigenvalue weighted by Crippen LogP contribution is -2.54. The van der Waals surface area contributed by atoms with E-state index in [-0.39, 0.29) is 18.2 Å². The minimum Gasteiger partial charge on any atom is -0.489 e. The second-order valence-electron chi connectivity index (χ2n) is 7.53. The van der Waals surface area contributed by atoms with Gasteiger partial charge in [-0.1, -0.05) is 17.7 Å². The van der Waals surface area contributed by atoms with E-state index >= 15 is 0 Å². The van der Waals surface area contributed by atoms with E-state index in [1.807, 2.05) is 39.0 Å². The molecular weight excluding hydrogens is 392 g/mol. The number of aromatic nitrogens is 1. The summed E-state index contributed by atoms with van der Waals surface area (Å²) in [6.07, 6.45) is 2.66. The van der Waals surface area contributed by atoms with Crippen molar-refractivity contribution in [1.82, 2.24) is 14.8 Å². The van der Waals surface area contributed by atoms with E-state index in [0.29, 0.717) is 28.8 Å². The first-order chi connectivity index (χ1) is 13.8. The van der Waals surface area contributed by atoms with Crippen molar-refractivity contribution in [2.75, 3.05) is 25.4 Å². The molecular formula is C21H27ClN4O3. The fourth-order valence-electron chi connectivity index (χ4n) is 3.35. The number of pyridine rings is 1. The monoisotopic (exact) mass is 418 g/mol. The molecule has 0 unspecified atom stereocenters. The Hall–Kier alpha value is -2.51. The van der Waals surface area contributed by atoms with Gasteiger partial charge < -0.3 is 20.1 Å². The lowest BCUT2D eigenvalue weighted by molar-refractivity contribution is 0.0752. The van der Waals surface area contributed by atoms with Crippen molar-refractivity contribution in [1.29, 1.82) is 0 Å². The number of benzene rings is 1. The first kappa shape index (κ1) is 21.2. The van der Waals surface area contributed by atoms with Crippen LogP contribution in [0.1, 0.15) is 26.3 Å². The van der Waals surface area contributed by atoms with Crippen molar-refractivity contribution in [3.05, 3.63) is 47.2 Å². The molecule has 3 rings (SSSR count). The van der Waals surface area contributed by atoms with E-state index in [0.717, 1.165) is 25.2 Å². The van der Waals surface area contributed by atoms with Crippen molar-refractivity contribution in [2.45, 2.75) is 39.5 Å². The zero-order valence-electron chi connectivity index (χ0n) is 17.0. The molecule has 8 heteroatoms. The number of amides is 1. The smallest absolute Gasteiger partial charge is 0.415 e. The Balaban J connectivity index is 1.58. The van der Waals surface area contributed by atoms with Crippen LogP contribution in [0.5, 0.6) is 11.5 Å². The Bertz CT molecular complexity index is 862. The lowest BCUT2D eigenvalue weighted by Gasteiger charge is -2.39. The molecule has 0 bridgehead atoms. The third kappa shape index (κ3) is 5.74. The first-order valence-electron chi connectivity index (χ1n) is 9.68. The van der Waals surface area contributed by atoms with Crippen LogP contribution in [0.3, 0.4) is 0 Å². The van der Waals surface area contributed by atoms with Gasteiger partial charge in [-0.2, -0.15) is 0 Å². The van der Waals surface area contributed by atoms with Crippen LogP contribution < -0.4 is 15.2 Å². The Morgan fingerprint density at radius 2 is 2.10 bits per heavy atom. The van der Waals surface area contributed by atoms with Crippen LogP contribution in [0.15, 0.2) is 36.7 Å². The second-order valence-corrected chi connectivity index (χ2v) is 7.94. The molecule has 2 heterocycles. The molecule has 1 fully saturated rings. The summed E-state index contributed by atoms with van der Waals surface area (Å²) in [6.45, 7) is 8.80. The average molecular weight is 419 g/mol. The van der Waals surface area contributed by atoms with Crippen LogP contribution >= 0.6 is 11.6 Å². The molecule has 2 aromatic rings. The molecule has 1 aliphatic rings. The average Bonchev–Trinajstić information content (AvgIpc) is 2.64. The highest BCUT2D eigenvalue weighted by Crippen LogP contribution is 2.27. The van der Waals surface area contributed by atoms with E-state index < -0.39 is 0 Å². The molecule has 29 heavy (non-hydrogen) atoms. The van der Waals surface area contributed by atoms with Gasteiger partial charge in [0.05, 0.1) is 29.2 Å². The summed E-state index contributed by atoms with van der Waals surface area (Å²) in [4.78, 5) is 20.5. The van der Waals surface area contributed by atoms with E-state index in [9.17, 15) is 4.79 Å². The molecule has 0 aliphatic carbocycles. The minimum atomic E-state index is -0.385. The fourth-order valence-corrected chi connectivity index (χ4v) is 3.51. The molecule has 1 aliphatic heterocycles. The predicted molar refractivity (Wildman–Crippen MR) is 113 cm³/mol. The molecule has 0 spiro atoms. The quantitative estimate of drug-likeness (QED) is 0.795. The number of nitrogens with zero attached hydrogens (tertiary/aromatic N) is 3. The zero-order valence-corrected chi connectivity index (χ0v) is 17.7. The number of nitrogens with two attached hydrogens (primary N) is 1. The summed E-state index contributed by atoms with van der Waals surface area (Å²) in [6, 6.07) is 7.46. The zero-order chi connectivity index (χ0) is 21.0. The maximum Gasteiger partial charge on any atom is 0.415 e. The number of piperazine rings is 1. The number of carbonyl (C=O) groups excluding carboxylic acids is 1. The molecule has 1 aromatic carbocycles. The van der Waals surface area contributed by atoms with Gasteiger partial charge in [-0.05, 0) is 38.5 Å². The number of ether oxygens (including phenoxy) is 2. The summed E-state index contributed by atoms with van der Waals surface area (Å²) in [5.74, 6) is 1.05. The predicted octanol–water partition coefficient (Wildman–Crippen LogP) is 3.81. The van der Waals surface area contributed by atoms with E-state index in [2.05, 4.69) is 9.88 Å². The molecule has 156 valence electrons. The van der Waals surface area contributed by atoms with Crippen LogP contribution in [0.2, 0.25) is 5.02 Å². The van der Waals surface area contributed by atoms with Gasteiger partial charge >= 0.3 is 6.09 Å². The largest absolute Gasteiger partial charge is 0.489 e. The van der Waals surface area contributed by atoms with E-state index in [1.54, 1.807) is 11.0 Å². The van der Waals surface area contributed by atoms with E-state index in [4.69, 9.17) is 26.8 Å². The molecule has 7 nitrogen and oxygen atoms in total. The van der Waals surface area contributed by atoms with Gasteiger partial charge in [0, 0.05) is 38.3 Å². The van der Waals surface area contributed by atoms with Gasteiger partial charge in [0.1, 0.15) is 5.75 Å². The summed E-state index contributed by atoms with van der Waals surface area (Å²) in [5.41, 5.74) is 7.27. The van der Waals surface area contributed by atoms with Crippen molar-refractivity contribution >= 4 is 23.4 Å². The number of rotatable bonds is 5. The van der Waals surface area contributed by atoms with Gasteiger partial charge in [0.25, 0.3) is 0 Å². The highest BCUT2D eigenvalue weighted by Gasteiger charge is 2.29. The van der Waals surface area contributed by atoms with Gasteiger partial charge in [-0.3, -0.25) is 9.88 Å². The molecule has 2 N–H and O–H groups in total. The molecule has 0 saturated carbocycles. The number of carbonyl (C=O) groups is 1. The van der Waals surface area contributed by atoms with Crippen molar-refractivity contribution in [3.63, 3.8) is 0 Å². The Labute approximate surface area is 176 Å². The highest BCUT2D eigenvalue weighted by atomic mass is 35.5. The van der Waals surface area contributed by atoms with Crippen molar-refractivity contribution in [3.8, 4) is 11.5 Å². The Morgan fingerprint density at radius 1 is 1.31 bits per heavy atom. The normalized spacial score (nSPS) is 17.4. The molecule has 1 aromatic heterocycles. The number of halogens is 1. The second kappa shape index (κ2) is 9.33. The number of nitrogen functional groups attached to an aromatic ring is 1. The Kier molecular flexibility index (Phi) is 6.82. The van der Waals surface area contributed by atoms with Crippen LogP contribution in [0.25, 0.3) is 0 Å². The standard InChI is InChI=1S/C21H27ClN4O3/c1-14(2)28-20-8-16(4-5-19(20)22)13-25-6-7-26(15(3)12-25)21(27)29-18-9-17(23)10-24-11-18/h4-5,8-11,14-15H,6-7,12-13,23H2,1-3H3/t15-/m1/s1. The fraction of sp³-hybridized carbons (Fsp3) is 0.429. The van der Waals surface area contributed by atoms with Crippen molar-refractivity contribution < 1.29 is 14.3 Å². The Morgan fingerprint density at radius 3 is 2.79 bits per heavy atom. The molecule has 1 saturated heterocycles. The topological polar surface area (TPSA) is 80.9 Å². The highest BCUT2D eigenvalue weighted by molar-refractivity contribution is 6.32. The van der Waals surface area contributed by atoms with Crippen LogP contribution in [-0.4, -0.2) is 52.7 Å². The lowest BCUT2D eigenvalue weighted by atomic mass is 10.1. The van der Waals surface area contributed by atoms with Gasteiger partial charge in [0.2, 0.25) is 0 Å². The van der Waals surface area contributed by atoms with Gasteiger partial charge in [-0.15, -0.1) is 0 Å². The summed E-state index contributed by atoms with van der Waals surface area (Å²) >= 11 is 6.23. The summed E-state index contributed by atoms with van der Waals surface area (Å²) in [5, 5.41) is 0.611. The van der Waals surface area contributed by atoms with Crippen LogP contribution in [-0.2, 0) is 6.54 Å². The molecule has 1 atom stereocenters. The van der Waals surface area contributed by atoms with Crippen LogP contribution in [0.4, 0.5) is 10.5 Å². The minimum absolute atomic E-state index is 0.0175. The number of hydrogen-bond acceptors (Lipinski definition) is 6. The third-order valence-corrected chi connectivity index (χ3v) is 4.96. The SMILES string of the molecule is CC(C)Oc1cc(CN2CCN(C(=O)Oc3cncc(N)c3)[C@H](C)C2)ccc1Cl. The summed E-state index contributed by atoms with van der Waals surface area (Å²) < 4.78 is 11.2. The number of anilines is 1. The van der Waals surface area contributed by atoms with E-state index in [1.165, 1.54) is 12.4 Å². The van der Waals surface area contributed by atoms with Crippen LogP contribution in [0, 0.1) is 0 Å². The maximum atomic E-state index is 12.5. The molecule has 0 radical (unpaired) electrons.